The van der Waals surface area contributed by atoms with Gasteiger partial charge in [-0.2, -0.15) is 0 Å². The molecule has 2 rings (SSSR count). The molecule has 0 atom stereocenters. The minimum atomic E-state index is -0.825. The minimum absolute atomic E-state index is 0.0609. The molecule has 0 amide bonds. The van der Waals surface area contributed by atoms with Gasteiger partial charge in [-0.15, -0.1) is 0 Å². The largest absolute Gasteiger partial charge is 0.481 e. The van der Waals surface area contributed by atoms with Crippen molar-refractivity contribution in [3.05, 3.63) is 30.1 Å². The maximum absolute atomic E-state index is 10.8. The number of ether oxygens (including phenoxy) is 2. The van der Waals surface area contributed by atoms with Gasteiger partial charge >= 0.3 is 5.97 Å². The second-order valence-electron chi connectivity index (χ2n) is 4.36. The SMILES string of the molecule is COCCOCc1nc2ccccc2n1CCC(=O)O. The van der Waals surface area contributed by atoms with E-state index in [2.05, 4.69) is 4.98 Å². The number of fused-ring (bicyclic) bond motifs is 1. The summed E-state index contributed by atoms with van der Waals surface area (Å²) in [4.78, 5) is 15.3. The third-order valence-electron chi connectivity index (χ3n) is 2.95. The zero-order chi connectivity index (χ0) is 14.4. The predicted octanol–water partition coefficient (Wildman–Crippen LogP) is 1.67. The Labute approximate surface area is 116 Å². The summed E-state index contributed by atoms with van der Waals surface area (Å²) in [6.45, 7) is 1.74. The maximum atomic E-state index is 10.8. The molecule has 0 unspecified atom stereocenters. The van der Waals surface area contributed by atoms with Crippen LogP contribution in [0.2, 0.25) is 0 Å². The first-order chi connectivity index (χ1) is 9.72. The van der Waals surface area contributed by atoms with Gasteiger partial charge in [0, 0.05) is 13.7 Å². The van der Waals surface area contributed by atoms with Crippen LogP contribution in [0.5, 0.6) is 0 Å². The van der Waals surface area contributed by atoms with Gasteiger partial charge in [-0.3, -0.25) is 4.79 Å². The smallest absolute Gasteiger partial charge is 0.305 e. The molecule has 0 aliphatic heterocycles. The van der Waals surface area contributed by atoms with E-state index in [0.717, 1.165) is 16.9 Å². The molecule has 0 saturated heterocycles. The number of methoxy groups -OCH3 is 1. The monoisotopic (exact) mass is 278 g/mol. The molecule has 2 aromatic rings. The van der Waals surface area contributed by atoms with Crippen molar-refractivity contribution >= 4 is 17.0 Å². The molecule has 0 saturated carbocycles. The van der Waals surface area contributed by atoms with Crippen LogP contribution in [0.25, 0.3) is 11.0 Å². The van der Waals surface area contributed by atoms with Gasteiger partial charge < -0.3 is 19.1 Å². The first-order valence-corrected chi connectivity index (χ1v) is 6.45. The predicted molar refractivity (Wildman–Crippen MR) is 73.5 cm³/mol. The molecule has 0 spiro atoms. The zero-order valence-electron chi connectivity index (χ0n) is 11.4. The standard InChI is InChI=1S/C14H18N2O4/c1-19-8-9-20-10-13-15-11-4-2-3-5-12(11)16(13)7-6-14(17)18/h2-5H,6-10H2,1H3,(H,17,18). The molecule has 1 aromatic heterocycles. The molecule has 0 bridgehead atoms. The Morgan fingerprint density at radius 2 is 2.15 bits per heavy atom. The van der Waals surface area contributed by atoms with E-state index in [1.165, 1.54) is 0 Å². The van der Waals surface area contributed by atoms with Crippen LogP contribution in [0.4, 0.5) is 0 Å². The highest BCUT2D eigenvalue weighted by Gasteiger charge is 2.11. The molecule has 0 fully saturated rings. The second-order valence-corrected chi connectivity index (χ2v) is 4.36. The first-order valence-electron chi connectivity index (χ1n) is 6.45. The van der Waals surface area contributed by atoms with Crippen LogP contribution >= 0.6 is 0 Å². The fraction of sp³-hybridized carbons (Fsp3) is 0.429. The molecular formula is C14H18N2O4. The molecule has 6 nitrogen and oxygen atoms in total. The van der Waals surface area contributed by atoms with E-state index < -0.39 is 5.97 Å². The molecule has 0 aliphatic carbocycles. The highest BCUT2D eigenvalue weighted by Crippen LogP contribution is 2.17. The average Bonchev–Trinajstić information content (AvgIpc) is 2.79. The number of carbonyl (C=O) groups is 1. The van der Waals surface area contributed by atoms with Crippen LogP contribution in [-0.2, 0) is 27.4 Å². The minimum Gasteiger partial charge on any atom is -0.481 e. The van der Waals surface area contributed by atoms with Crippen molar-refractivity contribution in [1.82, 2.24) is 9.55 Å². The number of imidazole rings is 1. The van der Waals surface area contributed by atoms with Crippen molar-refractivity contribution in [2.45, 2.75) is 19.6 Å². The number of carboxylic acid groups (broad SMARTS) is 1. The average molecular weight is 278 g/mol. The Morgan fingerprint density at radius 1 is 1.35 bits per heavy atom. The Morgan fingerprint density at radius 3 is 2.90 bits per heavy atom. The van der Waals surface area contributed by atoms with Crippen LogP contribution < -0.4 is 0 Å². The van der Waals surface area contributed by atoms with E-state index >= 15 is 0 Å². The van der Waals surface area contributed by atoms with E-state index in [1.54, 1.807) is 7.11 Å². The van der Waals surface area contributed by atoms with Gasteiger partial charge in [-0.05, 0) is 12.1 Å². The van der Waals surface area contributed by atoms with Crippen molar-refractivity contribution in [1.29, 1.82) is 0 Å². The Bertz CT molecular complexity index is 580. The first kappa shape index (κ1) is 14.5. The maximum Gasteiger partial charge on any atom is 0.305 e. The molecular weight excluding hydrogens is 260 g/mol. The lowest BCUT2D eigenvalue weighted by atomic mass is 10.3. The molecule has 0 radical (unpaired) electrons. The normalized spacial score (nSPS) is 11.1. The third kappa shape index (κ3) is 3.55. The quantitative estimate of drug-likeness (QED) is 0.744. The van der Waals surface area contributed by atoms with Gasteiger partial charge in [0.1, 0.15) is 12.4 Å². The summed E-state index contributed by atoms with van der Waals surface area (Å²) in [6.07, 6.45) is 0.0609. The summed E-state index contributed by atoms with van der Waals surface area (Å²) in [5, 5.41) is 8.84. The topological polar surface area (TPSA) is 73.6 Å². The summed E-state index contributed by atoms with van der Waals surface area (Å²) < 4.78 is 12.3. The number of nitrogens with zero attached hydrogens (tertiary/aromatic N) is 2. The Balaban J connectivity index is 2.17. The zero-order valence-corrected chi connectivity index (χ0v) is 11.4. The van der Waals surface area contributed by atoms with Gasteiger partial charge in [-0.1, -0.05) is 12.1 Å². The van der Waals surface area contributed by atoms with E-state index in [-0.39, 0.29) is 6.42 Å². The number of aromatic nitrogens is 2. The summed E-state index contributed by atoms with van der Waals surface area (Å²) in [7, 11) is 1.62. The Hall–Kier alpha value is -1.92. The lowest BCUT2D eigenvalue weighted by Gasteiger charge is -2.08. The molecule has 20 heavy (non-hydrogen) atoms. The molecule has 0 aliphatic rings. The molecule has 1 aromatic carbocycles. The number of benzene rings is 1. The summed E-state index contributed by atoms with van der Waals surface area (Å²) in [6, 6.07) is 7.66. The molecule has 1 heterocycles. The van der Waals surface area contributed by atoms with E-state index in [4.69, 9.17) is 14.6 Å². The van der Waals surface area contributed by atoms with Gasteiger partial charge in [-0.25, -0.2) is 4.98 Å². The van der Waals surface area contributed by atoms with E-state index in [1.807, 2.05) is 28.8 Å². The van der Waals surface area contributed by atoms with Crippen molar-refractivity contribution < 1.29 is 19.4 Å². The number of aliphatic carboxylic acids is 1. The van der Waals surface area contributed by atoms with Crippen LogP contribution in [0.1, 0.15) is 12.2 Å². The molecule has 1 N–H and O–H groups in total. The summed E-state index contributed by atoms with van der Waals surface area (Å²) in [5.41, 5.74) is 1.78. The van der Waals surface area contributed by atoms with E-state index in [0.29, 0.717) is 26.4 Å². The second kappa shape index (κ2) is 7.02. The summed E-state index contributed by atoms with van der Waals surface area (Å²) >= 11 is 0. The van der Waals surface area contributed by atoms with Crippen molar-refractivity contribution in [2.75, 3.05) is 20.3 Å². The number of hydrogen-bond acceptors (Lipinski definition) is 4. The van der Waals surface area contributed by atoms with Gasteiger partial charge in [0.2, 0.25) is 0 Å². The van der Waals surface area contributed by atoms with Gasteiger partial charge in [0.05, 0.1) is 30.7 Å². The molecule has 108 valence electrons. The van der Waals surface area contributed by atoms with Crippen molar-refractivity contribution in [3.63, 3.8) is 0 Å². The fourth-order valence-electron chi connectivity index (χ4n) is 2.00. The number of carboxylic acids is 1. The number of aryl methyl sites for hydroxylation is 1. The van der Waals surface area contributed by atoms with Crippen LogP contribution in [0.3, 0.4) is 0 Å². The van der Waals surface area contributed by atoms with Gasteiger partial charge in [0.25, 0.3) is 0 Å². The van der Waals surface area contributed by atoms with Gasteiger partial charge in [0.15, 0.2) is 0 Å². The van der Waals surface area contributed by atoms with Crippen molar-refractivity contribution in [2.24, 2.45) is 0 Å². The fourth-order valence-corrected chi connectivity index (χ4v) is 2.00. The third-order valence-corrected chi connectivity index (χ3v) is 2.95. The number of para-hydroxylation sites is 2. The lowest BCUT2D eigenvalue weighted by molar-refractivity contribution is -0.137. The van der Waals surface area contributed by atoms with Crippen LogP contribution in [0, 0.1) is 0 Å². The van der Waals surface area contributed by atoms with E-state index in [9.17, 15) is 4.79 Å². The molecule has 6 heteroatoms. The van der Waals surface area contributed by atoms with Crippen molar-refractivity contribution in [3.8, 4) is 0 Å². The highest BCUT2D eigenvalue weighted by molar-refractivity contribution is 5.76. The van der Waals surface area contributed by atoms with Crippen LogP contribution in [-0.4, -0.2) is 41.0 Å². The highest BCUT2D eigenvalue weighted by atomic mass is 16.5. The van der Waals surface area contributed by atoms with Crippen LogP contribution in [0.15, 0.2) is 24.3 Å². The number of rotatable bonds is 8. The lowest BCUT2D eigenvalue weighted by Crippen LogP contribution is -2.10. The summed E-state index contributed by atoms with van der Waals surface area (Å²) in [5.74, 6) is -0.0856. The number of hydrogen-bond donors (Lipinski definition) is 1. The Kier molecular flexibility index (Phi) is 5.09.